The average Bonchev–Trinajstić information content (AvgIpc) is 3.34. The molecule has 1 aliphatic rings. The fourth-order valence-corrected chi connectivity index (χ4v) is 3.72. The number of nitrogens with one attached hydrogen (secondary N) is 1. The topological polar surface area (TPSA) is 89.3 Å². The van der Waals surface area contributed by atoms with Gasteiger partial charge in [-0.1, -0.05) is 0 Å². The molecular weight excluding hydrogens is 352 g/mol. The van der Waals surface area contributed by atoms with Crippen LogP contribution in [0.4, 0.5) is 11.5 Å². The molecule has 0 unspecified atom stereocenters. The summed E-state index contributed by atoms with van der Waals surface area (Å²) >= 11 is 0. The summed E-state index contributed by atoms with van der Waals surface area (Å²) < 4.78 is 3.62. The molecule has 0 bridgehead atoms. The zero-order chi connectivity index (χ0) is 19.1. The zero-order valence-electron chi connectivity index (χ0n) is 15.7. The highest BCUT2D eigenvalue weighted by Gasteiger charge is 2.15. The standard InChI is InChI=1S/C20H22N8/c1-26-12-16(10-24-26)15-8-17(20-18(21)11-25-28(20)13-15)14-2-3-19(23-9-14)27-6-4-22-5-7-27/h2-3,8-13,22H,4-7,21H2,1H3. The van der Waals surface area contributed by atoms with Gasteiger partial charge in [-0.3, -0.25) is 4.68 Å². The van der Waals surface area contributed by atoms with E-state index < -0.39 is 0 Å². The van der Waals surface area contributed by atoms with Gasteiger partial charge in [0.05, 0.1) is 23.6 Å². The molecule has 28 heavy (non-hydrogen) atoms. The molecular formula is C20H22N8. The molecule has 0 aliphatic carbocycles. The molecule has 0 aromatic carbocycles. The van der Waals surface area contributed by atoms with Gasteiger partial charge >= 0.3 is 0 Å². The molecule has 4 aromatic rings. The van der Waals surface area contributed by atoms with Crippen molar-refractivity contribution in [3.05, 3.63) is 49.2 Å². The number of anilines is 2. The van der Waals surface area contributed by atoms with Crippen LogP contribution in [0.3, 0.4) is 0 Å². The Morgan fingerprint density at radius 1 is 0.964 bits per heavy atom. The summed E-state index contributed by atoms with van der Waals surface area (Å²) in [5.74, 6) is 1.01. The van der Waals surface area contributed by atoms with Crippen LogP contribution in [0.25, 0.3) is 27.8 Å². The third-order valence-electron chi connectivity index (χ3n) is 5.18. The Hall–Kier alpha value is -3.39. The summed E-state index contributed by atoms with van der Waals surface area (Å²) in [6.07, 6.45) is 9.43. The van der Waals surface area contributed by atoms with Gasteiger partial charge in [0.2, 0.25) is 0 Å². The third kappa shape index (κ3) is 2.87. The van der Waals surface area contributed by atoms with Gasteiger partial charge in [-0.25, -0.2) is 9.50 Å². The number of rotatable bonds is 3. The van der Waals surface area contributed by atoms with Crippen molar-refractivity contribution < 1.29 is 0 Å². The largest absolute Gasteiger partial charge is 0.396 e. The van der Waals surface area contributed by atoms with Crippen LogP contribution in [0.15, 0.2) is 49.2 Å². The predicted octanol–water partition coefficient (Wildman–Crippen LogP) is 1.79. The van der Waals surface area contributed by atoms with Gasteiger partial charge < -0.3 is 16.0 Å². The van der Waals surface area contributed by atoms with Crippen molar-refractivity contribution in [3.8, 4) is 22.3 Å². The molecule has 142 valence electrons. The molecule has 4 aromatic heterocycles. The SMILES string of the molecule is Cn1cc(-c2cc(-c3ccc(N4CCNCC4)nc3)c3c(N)cnn3c2)cn1. The lowest BCUT2D eigenvalue weighted by atomic mass is 10.0. The van der Waals surface area contributed by atoms with E-state index in [1.54, 1.807) is 10.9 Å². The maximum atomic E-state index is 6.22. The average molecular weight is 374 g/mol. The smallest absolute Gasteiger partial charge is 0.128 e. The van der Waals surface area contributed by atoms with Crippen LogP contribution in [0.5, 0.6) is 0 Å². The maximum Gasteiger partial charge on any atom is 0.128 e. The van der Waals surface area contributed by atoms with E-state index in [2.05, 4.69) is 38.6 Å². The van der Waals surface area contributed by atoms with Crippen molar-refractivity contribution >= 4 is 17.0 Å². The van der Waals surface area contributed by atoms with E-state index in [-0.39, 0.29) is 0 Å². The Labute approximate surface area is 162 Å². The van der Waals surface area contributed by atoms with Crippen molar-refractivity contribution in [2.75, 3.05) is 36.8 Å². The summed E-state index contributed by atoms with van der Waals surface area (Å²) in [6.45, 7) is 3.93. The fourth-order valence-electron chi connectivity index (χ4n) is 3.72. The molecule has 0 atom stereocenters. The number of pyridine rings is 2. The van der Waals surface area contributed by atoms with E-state index in [1.807, 2.05) is 36.4 Å². The van der Waals surface area contributed by atoms with E-state index in [9.17, 15) is 0 Å². The third-order valence-corrected chi connectivity index (χ3v) is 5.18. The maximum absolute atomic E-state index is 6.22. The van der Waals surface area contributed by atoms with E-state index >= 15 is 0 Å². The fraction of sp³-hybridized carbons (Fsp3) is 0.250. The Kier molecular flexibility index (Phi) is 3.98. The van der Waals surface area contributed by atoms with Gasteiger partial charge in [-0.05, 0) is 18.2 Å². The minimum absolute atomic E-state index is 0.652. The Bertz CT molecular complexity index is 1120. The molecule has 5 rings (SSSR count). The Morgan fingerprint density at radius 2 is 1.82 bits per heavy atom. The quantitative estimate of drug-likeness (QED) is 0.568. The number of aromatic nitrogens is 5. The number of aryl methyl sites for hydroxylation is 1. The Balaban J connectivity index is 1.60. The molecule has 1 fully saturated rings. The van der Waals surface area contributed by atoms with E-state index in [1.165, 1.54) is 0 Å². The monoisotopic (exact) mass is 374 g/mol. The molecule has 1 saturated heterocycles. The van der Waals surface area contributed by atoms with Crippen LogP contribution in [-0.2, 0) is 7.05 Å². The summed E-state index contributed by atoms with van der Waals surface area (Å²) in [7, 11) is 1.91. The lowest BCUT2D eigenvalue weighted by molar-refractivity contribution is 0.585. The summed E-state index contributed by atoms with van der Waals surface area (Å²) in [4.78, 5) is 7.02. The van der Waals surface area contributed by atoms with Crippen LogP contribution in [0.1, 0.15) is 0 Å². The Morgan fingerprint density at radius 3 is 2.54 bits per heavy atom. The van der Waals surface area contributed by atoms with Crippen molar-refractivity contribution in [3.63, 3.8) is 0 Å². The van der Waals surface area contributed by atoms with Crippen molar-refractivity contribution in [2.24, 2.45) is 7.05 Å². The van der Waals surface area contributed by atoms with Gasteiger partial charge in [0.1, 0.15) is 5.82 Å². The van der Waals surface area contributed by atoms with Gasteiger partial charge in [-0.2, -0.15) is 10.2 Å². The summed E-state index contributed by atoms with van der Waals surface area (Å²) in [5, 5.41) is 12.1. The predicted molar refractivity (Wildman–Crippen MR) is 110 cm³/mol. The van der Waals surface area contributed by atoms with Crippen molar-refractivity contribution in [1.29, 1.82) is 0 Å². The second-order valence-corrected chi connectivity index (χ2v) is 7.08. The molecule has 0 saturated carbocycles. The molecule has 5 heterocycles. The minimum Gasteiger partial charge on any atom is -0.396 e. The van der Waals surface area contributed by atoms with Crippen molar-refractivity contribution in [2.45, 2.75) is 0 Å². The highest BCUT2D eigenvalue weighted by Crippen LogP contribution is 2.33. The molecule has 8 heteroatoms. The second-order valence-electron chi connectivity index (χ2n) is 7.08. The molecule has 0 spiro atoms. The highest BCUT2D eigenvalue weighted by atomic mass is 15.2. The lowest BCUT2D eigenvalue weighted by Gasteiger charge is -2.28. The number of nitrogen functional groups attached to an aromatic ring is 1. The van der Waals surface area contributed by atoms with Crippen LogP contribution >= 0.6 is 0 Å². The first kappa shape index (κ1) is 16.8. The molecule has 8 nitrogen and oxygen atoms in total. The molecule has 3 N–H and O–H groups in total. The van der Waals surface area contributed by atoms with Crippen molar-refractivity contribution in [1.82, 2.24) is 29.7 Å². The summed E-state index contributed by atoms with van der Waals surface area (Å²) in [6, 6.07) is 6.32. The van der Waals surface area contributed by atoms with Gasteiger partial charge in [0.15, 0.2) is 0 Å². The number of hydrogen-bond acceptors (Lipinski definition) is 6. The van der Waals surface area contributed by atoms with E-state index in [0.717, 1.165) is 59.8 Å². The van der Waals surface area contributed by atoms with Gasteiger partial charge in [0, 0.05) is 74.1 Å². The van der Waals surface area contributed by atoms with E-state index in [4.69, 9.17) is 10.7 Å². The second kappa shape index (κ2) is 6.65. The first-order valence-electron chi connectivity index (χ1n) is 9.37. The molecule has 1 aliphatic heterocycles. The number of nitrogens with zero attached hydrogens (tertiary/aromatic N) is 6. The summed E-state index contributed by atoms with van der Waals surface area (Å²) in [5.41, 5.74) is 11.9. The minimum atomic E-state index is 0.652. The molecule has 0 radical (unpaired) electrons. The first-order chi connectivity index (χ1) is 13.7. The number of piperazine rings is 1. The zero-order valence-corrected chi connectivity index (χ0v) is 15.7. The highest BCUT2D eigenvalue weighted by molar-refractivity contribution is 5.91. The van der Waals surface area contributed by atoms with Gasteiger partial charge in [0.25, 0.3) is 0 Å². The normalized spacial score (nSPS) is 14.7. The van der Waals surface area contributed by atoms with Crippen LogP contribution in [0, 0.1) is 0 Å². The molecule has 0 amide bonds. The van der Waals surface area contributed by atoms with Crippen LogP contribution in [-0.4, -0.2) is 50.6 Å². The van der Waals surface area contributed by atoms with E-state index in [0.29, 0.717) is 5.69 Å². The number of fused-ring (bicyclic) bond motifs is 1. The lowest BCUT2D eigenvalue weighted by Crippen LogP contribution is -2.43. The number of nitrogens with two attached hydrogens (primary N) is 1. The van der Waals surface area contributed by atoms with Crippen LogP contribution in [0.2, 0.25) is 0 Å². The van der Waals surface area contributed by atoms with Gasteiger partial charge in [-0.15, -0.1) is 0 Å². The van der Waals surface area contributed by atoms with Crippen LogP contribution < -0.4 is 16.0 Å². The first-order valence-corrected chi connectivity index (χ1v) is 9.37. The number of hydrogen-bond donors (Lipinski definition) is 2.